The van der Waals surface area contributed by atoms with E-state index in [-0.39, 0.29) is 53.1 Å². The highest BCUT2D eigenvalue weighted by molar-refractivity contribution is 6.00. The second-order valence-corrected chi connectivity index (χ2v) is 18.8. The van der Waals surface area contributed by atoms with E-state index in [1.165, 1.54) is 38.5 Å². The Balaban J connectivity index is 1.07. The van der Waals surface area contributed by atoms with Gasteiger partial charge in [-0.15, -0.1) is 0 Å². The van der Waals surface area contributed by atoms with Gasteiger partial charge in [0.1, 0.15) is 22.9 Å². The molecule has 2 aliphatic heterocycles. The SMILES string of the molecule is Cc1cc(-n2nc3c(c2-n2ccn(-c4ccc5c(cnn5C)c4F)c2=O)[C@H](CO)N(C(=O)c2cc4cc([C@H]5CCOC(C)(C)C5)ccc4n2[C@@]2(c4noc(=O)[nH]4)C[C@@H]2C)CC3)cc(C)c1F. The van der Waals surface area contributed by atoms with Crippen LogP contribution in [0, 0.1) is 31.4 Å². The van der Waals surface area contributed by atoms with Gasteiger partial charge in [0.05, 0.1) is 52.4 Å². The molecule has 3 aromatic carbocycles. The molecule has 0 bridgehead atoms. The smallest absolute Gasteiger partial charge is 0.394 e. The van der Waals surface area contributed by atoms with Crippen molar-refractivity contribution in [2.24, 2.45) is 13.0 Å². The largest absolute Gasteiger partial charge is 0.438 e. The molecule has 7 heterocycles. The molecule has 0 radical (unpaired) electrons. The summed E-state index contributed by atoms with van der Waals surface area (Å²) in [7, 11) is 1.70. The highest BCUT2D eigenvalue weighted by Gasteiger charge is 2.59. The molecule has 4 atom stereocenters. The predicted octanol–water partition coefficient (Wildman–Crippen LogP) is 6.41. The highest BCUT2D eigenvalue weighted by atomic mass is 19.1. The molecule has 2 fully saturated rings. The standard InChI is InChI=1S/C48H48F2N10O6/c1-25-17-31(18-26(2)40(25)49)60-42(58-15-14-57(46(58)64)36-10-9-35-32(41(36)50)23-51-55(35)6)39-33(53-60)11-13-56(38(39)24-61)43(62)37-20-30-19-28(29-12-16-65-47(4,5)22-29)7-8-34(30)59(37)48(21-27(48)3)44-52-45(63)66-54-44/h7-10,14-15,17-20,23,27,29,38,61H,11-13,16,21-22,24H2,1-6H3,(H,52,54,63)/t27-,29-,38-,48-/m0/s1. The number of halogens is 2. The van der Waals surface area contributed by atoms with E-state index in [2.05, 4.69) is 41.2 Å². The van der Waals surface area contributed by atoms with Crippen molar-refractivity contribution >= 4 is 27.7 Å². The van der Waals surface area contributed by atoms with Crippen molar-refractivity contribution in [1.82, 2.24) is 48.3 Å². The number of imidazole rings is 1. The van der Waals surface area contributed by atoms with Crippen LogP contribution < -0.4 is 11.4 Å². The fraction of sp³-hybridized carbons (Fsp3) is 0.375. The van der Waals surface area contributed by atoms with Gasteiger partial charge in [0.15, 0.2) is 11.6 Å². The first-order chi connectivity index (χ1) is 31.6. The number of H-pyrrole nitrogens is 1. The van der Waals surface area contributed by atoms with Crippen molar-refractivity contribution in [2.75, 3.05) is 19.8 Å². The quantitative estimate of drug-likeness (QED) is 0.175. The van der Waals surface area contributed by atoms with E-state index >= 15 is 13.6 Å². The van der Waals surface area contributed by atoms with Crippen LogP contribution in [0.3, 0.4) is 0 Å². The molecule has 16 nitrogen and oxygen atoms in total. The number of fused-ring (bicyclic) bond motifs is 3. The van der Waals surface area contributed by atoms with Gasteiger partial charge in [0.2, 0.25) is 0 Å². The van der Waals surface area contributed by atoms with Gasteiger partial charge in [-0.2, -0.15) is 10.2 Å². The van der Waals surface area contributed by atoms with Crippen LogP contribution in [0.2, 0.25) is 0 Å². The van der Waals surface area contributed by atoms with Crippen molar-refractivity contribution < 1.29 is 27.9 Å². The van der Waals surface area contributed by atoms with Gasteiger partial charge >= 0.3 is 11.4 Å². The van der Waals surface area contributed by atoms with Crippen LogP contribution in [-0.4, -0.2) is 84.7 Å². The van der Waals surface area contributed by atoms with E-state index < -0.39 is 41.4 Å². The number of rotatable bonds is 8. The molecule has 3 aliphatic rings. The van der Waals surface area contributed by atoms with E-state index in [9.17, 15) is 14.7 Å². The van der Waals surface area contributed by atoms with Gasteiger partial charge < -0.3 is 19.3 Å². The number of aliphatic hydroxyl groups excluding tert-OH is 1. The number of benzene rings is 3. The Kier molecular flexibility index (Phi) is 9.36. The number of aliphatic hydroxyl groups is 1. The number of nitrogens with one attached hydrogen (secondary N) is 1. The summed E-state index contributed by atoms with van der Waals surface area (Å²) in [4.78, 5) is 47.1. The molecule has 8 aromatic rings. The van der Waals surface area contributed by atoms with Gasteiger partial charge in [-0.1, -0.05) is 18.1 Å². The number of carbonyl (C=O) groups is 1. The molecule has 1 aliphatic carbocycles. The van der Waals surface area contributed by atoms with Gasteiger partial charge in [-0.05, 0) is 118 Å². The van der Waals surface area contributed by atoms with Crippen LogP contribution >= 0.6 is 0 Å². The van der Waals surface area contributed by atoms with E-state index in [4.69, 9.17) is 14.4 Å². The zero-order valence-corrected chi connectivity index (χ0v) is 37.3. The van der Waals surface area contributed by atoms with Crippen LogP contribution in [0.4, 0.5) is 8.78 Å². The second kappa shape index (κ2) is 14.8. The number of nitrogens with zero attached hydrogens (tertiary/aromatic N) is 9. The molecule has 0 spiro atoms. The summed E-state index contributed by atoms with van der Waals surface area (Å²) in [6.45, 7) is 9.72. The molecule has 5 aromatic heterocycles. The van der Waals surface area contributed by atoms with E-state index in [0.717, 1.165) is 29.3 Å². The molecule has 66 heavy (non-hydrogen) atoms. The number of aromatic amines is 1. The Hall–Kier alpha value is -6.92. The number of aromatic nitrogens is 9. The molecule has 1 amide bonds. The lowest BCUT2D eigenvalue weighted by atomic mass is 9.83. The van der Waals surface area contributed by atoms with Crippen molar-refractivity contribution in [2.45, 2.75) is 83.4 Å². The maximum atomic E-state index is 16.2. The Morgan fingerprint density at radius 1 is 0.985 bits per heavy atom. The Bertz CT molecular complexity index is 3400. The predicted molar refractivity (Wildman–Crippen MR) is 239 cm³/mol. The third-order valence-electron chi connectivity index (χ3n) is 14.2. The van der Waals surface area contributed by atoms with Gasteiger partial charge in [0, 0.05) is 55.5 Å². The lowest BCUT2D eigenvalue weighted by Gasteiger charge is -2.36. The van der Waals surface area contributed by atoms with Gasteiger partial charge in [-0.3, -0.25) is 28.1 Å². The van der Waals surface area contributed by atoms with E-state index in [0.29, 0.717) is 58.1 Å². The molecule has 18 heteroatoms. The molecule has 0 unspecified atom stereocenters. The topological polar surface area (TPSA) is 176 Å². The lowest BCUT2D eigenvalue weighted by molar-refractivity contribution is -0.0592. The van der Waals surface area contributed by atoms with Crippen LogP contribution in [0.1, 0.15) is 96.3 Å². The third kappa shape index (κ3) is 6.21. The zero-order valence-electron chi connectivity index (χ0n) is 37.3. The average Bonchev–Trinajstić information content (AvgIpc) is 3.92. The highest BCUT2D eigenvalue weighted by Crippen LogP contribution is 2.56. The van der Waals surface area contributed by atoms with Crippen LogP contribution in [-0.2, 0) is 23.7 Å². The van der Waals surface area contributed by atoms with Crippen molar-refractivity contribution in [3.63, 3.8) is 0 Å². The van der Waals surface area contributed by atoms with Gasteiger partial charge in [-0.25, -0.2) is 23.1 Å². The summed E-state index contributed by atoms with van der Waals surface area (Å²) in [6, 6.07) is 13.5. The maximum absolute atomic E-state index is 16.2. The van der Waals surface area contributed by atoms with E-state index in [1.807, 2.05) is 23.6 Å². The van der Waals surface area contributed by atoms with Crippen molar-refractivity contribution in [3.8, 4) is 17.2 Å². The summed E-state index contributed by atoms with van der Waals surface area (Å²) in [5, 5.41) is 25.9. The summed E-state index contributed by atoms with van der Waals surface area (Å²) >= 11 is 0. The number of aryl methyl sites for hydroxylation is 3. The summed E-state index contributed by atoms with van der Waals surface area (Å²) in [5.41, 5.74) is 2.97. The summed E-state index contributed by atoms with van der Waals surface area (Å²) < 4.78 is 49.9. The molecule has 2 N–H and O–H groups in total. The Labute approximate surface area is 375 Å². The monoisotopic (exact) mass is 898 g/mol. The maximum Gasteiger partial charge on any atom is 0.438 e. The fourth-order valence-corrected chi connectivity index (χ4v) is 10.8. The second-order valence-electron chi connectivity index (χ2n) is 18.8. The van der Waals surface area contributed by atoms with E-state index in [1.54, 1.807) is 48.7 Å². The molecular formula is C48H48F2N10O6. The van der Waals surface area contributed by atoms with Gasteiger partial charge in [0.25, 0.3) is 5.91 Å². The first-order valence-electron chi connectivity index (χ1n) is 22.2. The molecule has 340 valence electrons. The number of carbonyl (C=O) groups excluding carboxylic acids is 1. The minimum Gasteiger partial charge on any atom is -0.394 e. The summed E-state index contributed by atoms with van der Waals surface area (Å²) in [5.74, 6) is -1.44. The molecule has 1 saturated heterocycles. The number of hydrogen-bond donors (Lipinski definition) is 2. The average molecular weight is 899 g/mol. The fourth-order valence-electron chi connectivity index (χ4n) is 10.8. The normalized spacial score (nSPS) is 21.5. The van der Waals surface area contributed by atoms with Crippen molar-refractivity contribution in [3.05, 3.63) is 139 Å². The third-order valence-corrected chi connectivity index (χ3v) is 14.2. The molecule has 1 saturated carbocycles. The molecular weight excluding hydrogens is 851 g/mol. The van der Waals surface area contributed by atoms with Crippen molar-refractivity contribution in [1.29, 1.82) is 0 Å². The first-order valence-corrected chi connectivity index (χ1v) is 22.2. The minimum atomic E-state index is -1.03. The number of hydrogen-bond acceptors (Lipinski definition) is 9. The Morgan fingerprint density at radius 3 is 2.42 bits per heavy atom. The summed E-state index contributed by atoms with van der Waals surface area (Å²) in [6.07, 6.45) is 6.82. The lowest BCUT2D eigenvalue weighted by Crippen LogP contribution is -2.43. The number of amides is 1. The Morgan fingerprint density at radius 2 is 1.73 bits per heavy atom. The van der Waals surface area contributed by atoms with Crippen LogP contribution in [0.15, 0.2) is 81.2 Å². The minimum absolute atomic E-state index is 0.00336. The van der Waals surface area contributed by atoms with Crippen LogP contribution in [0.5, 0.6) is 0 Å². The zero-order chi connectivity index (χ0) is 46.1. The van der Waals surface area contributed by atoms with Crippen LogP contribution in [0.25, 0.3) is 39.0 Å². The first kappa shape index (κ1) is 41.8. The molecule has 11 rings (SSSR count). The number of ether oxygens (including phenoxy) is 1.